The first kappa shape index (κ1) is 11.2. The highest BCUT2D eigenvalue weighted by molar-refractivity contribution is 6.04. The van der Waals surface area contributed by atoms with Gasteiger partial charge in [0.2, 0.25) is 0 Å². The first-order valence-corrected chi connectivity index (χ1v) is 4.26. The van der Waals surface area contributed by atoms with Crippen LogP contribution in [0.1, 0.15) is 20.7 Å². The number of carboxylic acid groups (broad SMARTS) is 1. The maximum Gasteiger partial charge on any atom is 0.336 e. The molecule has 5 nitrogen and oxygen atoms in total. The van der Waals surface area contributed by atoms with Gasteiger partial charge in [-0.2, -0.15) is 0 Å². The molecule has 5 heteroatoms. The van der Waals surface area contributed by atoms with Gasteiger partial charge < -0.3 is 15.2 Å². The largest absolute Gasteiger partial charge is 0.478 e. The Hall–Kier alpha value is -1.88. The van der Waals surface area contributed by atoms with Crippen LogP contribution in [0, 0.1) is 0 Å². The van der Waals surface area contributed by atoms with Crippen LogP contribution in [-0.4, -0.2) is 30.8 Å². The minimum atomic E-state index is -1.13. The maximum absolute atomic E-state index is 11.5. The number of carbonyl (C=O) groups excluding carboxylic acids is 1. The van der Waals surface area contributed by atoms with Crippen molar-refractivity contribution in [1.29, 1.82) is 0 Å². The van der Waals surface area contributed by atoms with E-state index in [4.69, 9.17) is 5.11 Å². The average Bonchev–Trinajstić information content (AvgIpc) is 2.25. The molecule has 0 saturated carbocycles. The highest BCUT2D eigenvalue weighted by atomic mass is 16.5. The normalized spacial score (nSPS) is 9.67. The van der Waals surface area contributed by atoms with Gasteiger partial charge in [0, 0.05) is 7.11 Å². The highest BCUT2D eigenvalue weighted by Crippen LogP contribution is 2.08. The molecule has 0 unspecified atom stereocenters. The first-order chi connectivity index (χ1) is 7.16. The lowest BCUT2D eigenvalue weighted by atomic mass is 10.1. The van der Waals surface area contributed by atoms with E-state index in [0.717, 1.165) is 0 Å². The van der Waals surface area contributed by atoms with Crippen molar-refractivity contribution in [1.82, 2.24) is 5.32 Å². The summed E-state index contributed by atoms with van der Waals surface area (Å²) in [6.45, 7) is 0.0484. The van der Waals surface area contributed by atoms with E-state index in [-0.39, 0.29) is 17.9 Å². The van der Waals surface area contributed by atoms with Crippen LogP contribution in [0.5, 0.6) is 0 Å². The second kappa shape index (κ2) is 5.11. The molecule has 1 aromatic rings. The summed E-state index contributed by atoms with van der Waals surface area (Å²) in [6, 6.07) is 6.00. The van der Waals surface area contributed by atoms with Crippen LogP contribution < -0.4 is 5.32 Å². The predicted molar refractivity (Wildman–Crippen MR) is 52.7 cm³/mol. The van der Waals surface area contributed by atoms with Crippen molar-refractivity contribution in [2.75, 3.05) is 13.8 Å². The molecule has 0 saturated heterocycles. The fourth-order valence-electron chi connectivity index (χ4n) is 1.10. The van der Waals surface area contributed by atoms with Crippen LogP contribution in [-0.2, 0) is 4.74 Å². The zero-order valence-corrected chi connectivity index (χ0v) is 8.19. The van der Waals surface area contributed by atoms with Crippen LogP contribution in [0.25, 0.3) is 0 Å². The van der Waals surface area contributed by atoms with Crippen molar-refractivity contribution in [3.8, 4) is 0 Å². The number of hydrogen-bond donors (Lipinski definition) is 2. The smallest absolute Gasteiger partial charge is 0.336 e. The molecule has 0 radical (unpaired) electrons. The van der Waals surface area contributed by atoms with Crippen LogP contribution in [0.3, 0.4) is 0 Å². The van der Waals surface area contributed by atoms with Crippen LogP contribution in [0.2, 0.25) is 0 Å². The van der Waals surface area contributed by atoms with Crippen molar-refractivity contribution in [3.63, 3.8) is 0 Å². The molecular weight excluding hydrogens is 198 g/mol. The summed E-state index contributed by atoms with van der Waals surface area (Å²) in [5, 5.41) is 11.2. The number of benzene rings is 1. The molecule has 80 valence electrons. The molecule has 0 bridgehead atoms. The molecule has 1 amide bonds. The molecular formula is C10H11NO4. The Morgan fingerprint density at radius 2 is 1.93 bits per heavy atom. The third kappa shape index (κ3) is 2.78. The lowest BCUT2D eigenvalue weighted by Crippen LogP contribution is -2.27. The van der Waals surface area contributed by atoms with E-state index in [0.29, 0.717) is 0 Å². The minimum Gasteiger partial charge on any atom is -0.478 e. The SMILES string of the molecule is COCNC(=O)c1ccccc1C(=O)O. The van der Waals surface area contributed by atoms with E-state index in [1.807, 2.05) is 0 Å². The Morgan fingerprint density at radius 3 is 2.47 bits per heavy atom. The zero-order chi connectivity index (χ0) is 11.3. The number of nitrogens with one attached hydrogen (secondary N) is 1. The molecule has 0 aromatic heterocycles. The average molecular weight is 209 g/mol. The number of rotatable bonds is 4. The fourth-order valence-corrected chi connectivity index (χ4v) is 1.10. The Balaban J connectivity index is 2.92. The quantitative estimate of drug-likeness (QED) is 0.716. The van der Waals surface area contributed by atoms with Gasteiger partial charge in [0.05, 0.1) is 11.1 Å². The van der Waals surface area contributed by atoms with E-state index in [1.54, 1.807) is 12.1 Å². The summed E-state index contributed by atoms with van der Waals surface area (Å²) in [4.78, 5) is 22.3. The van der Waals surface area contributed by atoms with E-state index >= 15 is 0 Å². The number of ether oxygens (including phenoxy) is 1. The molecule has 1 aromatic carbocycles. The van der Waals surface area contributed by atoms with Crippen LogP contribution >= 0.6 is 0 Å². The lowest BCUT2D eigenvalue weighted by Gasteiger charge is -2.06. The van der Waals surface area contributed by atoms with Crippen LogP contribution in [0.15, 0.2) is 24.3 Å². The number of amides is 1. The third-order valence-corrected chi connectivity index (χ3v) is 1.78. The molecule has 0 atom stereocenters. The summed E-state index contributed by atoms with van der Waals surface area (Å²) < 4.78 is 4.65. The lowest BCUT2D eigenvalue weighted by molar-refractivity contribution is 0.0688. The van der Waals surface area contributed by atoms with Crippen molar-refractivity contribution in [2.24, 2.45) is 0 Å². The molecule has 0 heterocycles. The van der Waals surface area contributed by atoms with Gasteiger partial charge in [-0.3, -0.25) is 4.79 Å². The Bertz CT molecular complexity index is 375. The van der Waals surface area contributed by atoms with Crippen molar-refractivity contribution in [3.05, 3.63) is 35.4 Å². The summed E-state index contributed by atoms with van der Waals surface area (Å²) >= 11 is 0. The van der Waals surface area contributed by atoms with E-state index in [9.17, 15) is 9.59 Å². The Labute approximate surface area is 86.7 Å². The van der Waals surface area contributed by atoms with Crippen molar-refractivity contribution < 1.29 is 19.4 Å². The number of aromatic carboxylic acids is 1. The number of methoxy groups -OCH3 is 1. The molecule has 15 heavy (non-hydrogen) atoms. The summed E-state index contributed by atoms with van der Waals surface area (Å²) in [7, 11) is 1.43. The molecule has 2 N–H and O–H groups in total. The predicted octanol–water partition coefficient (Wildman–Crippen LogP) is 0.719. The van der Waals surface area contributed by atoms with E-state index in [1.165, 1.54) is 19.2 Å². The van der Waals surface area contributed by atoms with E-state index in [2.05, 4.69) is 10.1 Å². The number of carboxylic acids is 1. The van der Waals surface area contributed by atoms with E-state index < -0.39 is 11.9 Å². The molecule has 0 spiro atoms. The molecule has 0 aliphatic heterocycles. The van der Waals surface area contributed by atoms with Gasteiger partial charge in [0.15, 0.2) is 0 Å². The standard InChI is InChI=1S/C10H11NO4/c1-15-6-11-9(12)7-4-2-3-5-8(7)10(13)14/h2-5H,6H2,1H3,(H,11,12)(H,13,14). The van der Waals surface area contributed by atoms with Crippen molar-refractivity contribution in [2.45, 2.75) is 0 Å². The van der Waals surface area contributed by atoms with Gasteiger partial charge in [-0.15, -0.1) is 0 Å². The number of hydrogen-bond acceptors (Lipinski definition) is 3. The Kier molecular flexibility index (Phi) is 3.82. The van der Waals surface area contributed by atoms with Gasteiger partial charge in [-0.25, -0.2) is 4.79 Å². The minimum absolute atomic E-state index is 0.0221. The summed E-state index contributed by atoms with van der Waals surface area (Å²) in [5.41, 5.74) is 0.105. The van der Waals surface area contributed by atoms with Gasteiger partial charge in [0.1, 0.15) is 6.73 Å². The summed E-state index contributed by atoms with van der Waals surface area (Å²) in [6.07, 6.45) is 0. The van der Waals surface area contributed by atoms with Gasteiger partial charge >= 0.3 is 5.97 Å². The van der Waals surface area contributed by atoms with Crippen LogP contribution in [0.4, 0.5) is 0 Å². The maximum atomic E-state index is 11.5. The topological polar surface area (TPSA) is 75.6 Å². The van der Waals surface area contributed by atoms with Gasteiger partial charge in [-0.05, 0) is 12.1 Å². The molecule has 0 fully saturated rings. The Morgan fingerprint density at radius 1 is 1.33 bits per heavy atom. The molecule has 0 aliphatic carbocycles. The monoisotopic (exact) mass is 209 g/mol. The second-order valence-corrected chi connectivity index (χ2v) is 2.79. The second-order valence-electron chi connectivity index (χ2n) is 2.79. The molecule has 1 rings (SSSR count). The first-order valence-electron chi connectivity index (χ1n) is 4.26. The summed E-state index contributed by atoms with van der Waals surface area (Å²) in [5.74, 6) is -1.59. The third-order valence-electron chi connectivity index (χ3n) is 1.78. The number of carbonyl (C=O) groups is 2. The van der Waals surface area contributed by atoms with Gasteiger partial charge in [0.25, 0.3) is 5.91 Å². The highest BCUT2D eigenvalue weighted by Gasteiger charge is 2.14. The zero-order valence-electron chi connectivity index (χ0n) is 8.19. The van der Waals surface area contributed by atoms with Gasteiger partial charge in [-0.1, -0.05) is 12.1 Å². The van der Waals surface area contributed by atoms with Crippen molar-refractivity contribution >= 4 is 11.9 Å². The molecule has 0 aliphatic rings. The fraction of sp³-hybridized carbons (Fsp3) is 0.200.